The first-order valence-corrected chi connectivity index (χ1v) is 6.80. The van der Waals surface area contributed by atoms with E-state index in [1.807, 2.05) is 0 Å². The zero-order valence-corrected chi connectivity index (χ0v) is 10.9. The van der Waals surface area contributed by atoms with Crippen LogP contribution in [0.5, 0.6) is 0 Å². The van der Waals surface area contributed by atoms with E-state index in [1.165, 1.54) is 31.0 Å². The summed E-state index contributed by atoms with van der Waals surface area (Å²) in [7, 11) is 0. The molecule has 0 aromatic heterocycles. The standard InChI is InChI=1S/C15H21F2N/c1-2-18-11-15(7-3-4-8-15)10-12-9-13(16)5-6-14(12)17/h5-6,9,18H,2-4,7-8,10-11H2,1H3. The van der Waals surface area contributed by atoms with E-state index in [-0.39, 0.29) is 17.0 Å². The molecule has 0 heterocycles. The van der Waals surface area contributed by atoms with Crippen molar-refractivity contribution in [2.24, 2.45) is 5.41 Å². The summed E-state index contributed by atoms with van der Waals surface area (Å²) in [6.07, 6.45) is 5.25. The van der Waals surface area contributed by atoms with Crippen LogP contribution in [0.3, 0.4) is 0 Å². The molecule has 1 nitrogen and oxygen atoms in total. The van der Waals surface area contributed by atoms with Crippen LogP contribution in [0.4, 0.5) is 8.78 Å². The largest absolute Gasteiger partial charge is 0.316 e. The summed E-state index contributed by atoms with van der Waals surface area (Å²) in [6.45, 7) is 3.90. The highest BCUT2D eigenvalue weighted by atomic mass is 19.1. The van der Waals surface area contributed by atoms with Crippen LogP contribution in [0.25, 0.3) is 0 Å². The summed E-state index contributed by atoms with van der Waals surface area (Å²) in [5.41, 5.74) is 0.639. The number of nitrogens with one attached hydrogen (secondary N) is 1. The van der Waals surface area contributed by atoms with Gasteiger partial charge in [-0.3, -0.25) is 0 Å². The van der Waals surface area contributed by atoms with Crippen molar-refractivity contribution >= 4 is 0 Å². The summed E-state index contributed by atoms with van der Waals surface area (Å²) in [5.74, 6) is -0.623. The monoisotopic (exact) mass is 253 g/mol. The Morgan fingerprint density at radius 1 is 1.22 bits per heavy atom. The minimum absolute atomic E-state index is 0.116. The number of rotatable bonds is 5. The molecule has 1 aliphatic carbocycles. The Hall–Kier alpha value is -0.960. The van der Waals surface area contributed by atoms with Gasteiger partial charge in [0, 0.05) is 6.54 Å². The summed E-state index contributed by atoms with van der Waals surface area (Å²) >= 11 is 0. The van der Waals surface area contributed by atoms with Gasteiger partial charge in [0.15, 0.2) is 0 Å². The average molecular weight is 253 g/mol. The zero-order valence-electron chi connectivity index (χ0n) is 10.9. The summed E-state index contributed by atoms with van der Waals surface area (Å²) < 4.78 is 26.9. The van der Waals surface area contributed by atoms with Gasteiger partial charge in [-0.2, -0.15) is 0 Å². The van der Waals surface area contributed by atoms with Crippen molar-refractivity contribution in [3.05, 3.63) is 35.4 Å². The maximum atomic E-state index is 13.7. The second-order valence-electron chi connectivity index (χ2n) is 5.40. The van der Waals surface area contributed by atoms with Crippen LogP contribution in [0.1, 0.15) is 38.2 Å². The van der Waals surface area contributed by atoms with E-state index in [2.05, 4.69) is 12.2 Å². The molecule has 0 bridgehead atoms. The minimum Gasteiger partial charge on any atom is -0.316 e. The molecule has 1 saturated carbocycles. The smallest absolute Gasteiger partial charge is 0.126 e. The Morgan fingerprint density at radius 3 is 2.61 bits per heavy atom. The van der Waals surface area contributed by atoms with Crippen molar-refractivity contribution < 1.29 is 8.78 Å². The molecule has 1 aliphatic rings. The van der Waals surface area contributed by atoms with Crippen LogP contribution in [0, 0.1) is 17.0 Å². The van der Waals surface area contributed by atoms with Crippen LogP contribution < -0.4 is 5.32 Å². The number of hydrogen-bond acceptors (Lipinski definition) is 1. The Balaban J connectivity index is 2.15. The lowest BCUT2D eigenvalue weighted by molar-refractivity contribution is 0.276. The molecule has 2 rings (SSSR count). The molecule has 1 aromatic rings. The first-order chi connectivity index (χ1) is 8.65. The molecule has 3 heteroatoms. The fraction of sp³-hybridized carbons (Fsp3) is 0.600. The van der Waals surface area contributed by atoms with Gasteiger partial charge in [0.1, 0.15) is 11.6 Å². The third-order valence-corrected chi connectivity index (χ3v) is 3.99. The van der Waals surface area contributed by atoms with E-state index >= 15 is 0 Å². The molecule has 1 N–H and O–H groups in total. The fourth-order valence-electron chi connectivity index (χ4n) is 3.01. The molecule has 0 atom stereocenters. The molecule has 0 spiro atoms. The fourth-order valence-corrected chi connectivity index (χ4v) is 3.01. The highest BCUT2D eigenvalue weighted by Gasteiger charge is 2.34. The van der Waals surface area contributed by atoms with E-state index in [0.29, 0.717) is 12.0 Å². The normalized spacial score (nSPS) is 18.2. The molecule has 0 amide bonds. The third-order valence-electron chi connectivity index (χ3n) is 3.99. The highest BCUT2D eigenvalue weighted by Crippen LogP contribution is 2.40. The maximum absolute atomic E-state index is 13.7. The van der Waals surface area contributed by atoms with E-state index in [0.717, 1.165) is 25.9 Å². The molecule has 0 saturated heterocycles. The minimum atomic E-state index is -0.344. The van der Waals surface area contributed by atoms with Crippen LogP contribution in [-0.2, 0) is 6.42 Å². The van der Waals surface area contributed by atoms with Gasteiger partial charge < -0.3 is 5.32 Å². The molecule has 100 valence electrons. The van der Waals surface area contributed by atoms with Gasteiger partial charge in [-0.05, 0) is 55.0 Å². The number of benzene rings is 1. The quantitative estimate of drug-likeness (QED) is 0.844. The maximum Gasteiger partial charge on any atom is 0.126 e. The molecule has 0 unspecified atom stereocenters. The van der Waals surface area contributed by atoms with Gasteiger partial charge in [0.05, 0.1) is 0 Å². The predicted molar refractivity (Wildman–Crippen MR) is 69.5 cm³/mol. The lowest BCUT2D eigenvalue weighted by atomic mass is 9.79. The Bertz CT molecular complexity index is 397. The number of halogens is 2. The topological polar surface area (TPSA) is 12.0 Å². The summed E-state index contributed by atoms with van der Waals surface area (Å²) in [6, 6.07) is 3.77. The van der Waals surface area contributed by atoms with Crippen LogP contribution in [-0.4, -0.2) is 13.1 Å². The van der Waals surface area contributed by atoms with Crippen LogP contribution in [0.2, 0.25) is 0 Å². The van der Waals surface area contributed by atoms with Crippen LogP contribution >= 0.6 is 0 Å². The predicted octanol–water partition coefficient (Wildman–Crippen LogP) is 3.68. The van der Waals surface area contributed by atoms with E-state index < -0.39 is 0 Å². The lowest BCUT2D eigenvalue weighted by Gasteiger charge is -2.29. The van der Waals surface area contributed by atoms with Gasteiger partial charge in [-0.1, -0.05) is 19.8 Å². The van der Waals surface area contributed by atoms with Gasteiger partial charge in [0.25, 0.3) is 0 Å². The highest BCUT2D eigenvalue weighted by molar-refractivity contribution is 5.21. The molecular weight excluding hydrogens is 232 g/mol. The molecular formula is C15H21F2N. The Labute approximate surface area is 108 Å². The van der Waals surface area contributed by atoms with Gasteiger partial charge >= 0.3 is 0 Å². The number of hydrogen-bond donors (Lipinski definition) is 1. The van der Waals surface area contributed by atoms with E-state index in [4.69, 9.17) is 0 Å². The average Bonchev–Trinajstić information content (AvgIpc) is 2.80. The molecule has 18 heavy (non-hydrogen) atoms. The van der Waals surface area contributed by atoms with Crippen molar-refractivity contribution in [1.82, 2.24) is 5.32 Å². The Kier molecular flexibility index (Phi) is 4.33. The second-order valence-corrected chi connectivity index (χ2v) is 5.40. The zero-order chi connectivity index (χ0) is 13.0. The lowest BCUT2D eigenvalue weighted by Crippen LogP contribution is -2.34. The van der Waals surface area contributed by atoms with Gasteiger partial charge in [-0.15, -0.1) is 0 Å². The van der Waals surface area contributed by atoms with Crippen molar-refractivity contribution in [2.75, 3.05) is 13.1 Å². The van der Waals surface area contributed by atoms with Crippen molar-refractivity contribution in [3.8, 4) is 0 Å². The van der Waals surface area contributed by atoms with Gasteiger partial charge in [0.2, 0.25) is 0 Å². The molecule has 1 aromatic carbocycles. The summed E-state index contributed by atoms with van der Waals surface area (Å²) in [5, 5.41) is 3.37. The van der Waals surface area contributed by atoms with Gasteiger partial charge in [-0.25, -0.2) is 8.78 Å². The molecule has 0 radical (unpaired) electrons. The van der Waals surface area contributed by atoms with Crippen molar-refractivity contribution in [3.63, 3.8) is 0 Å². The Morgan fingerprint density at radius 2 is 1.94 bits per heavy atom. The molecule has 1 fully saturated rings. The van der Waals surface area contributed by atoms with E-state index in [9.17, 15) is 8.78 Å². The molecule has 0 aliphatic heterocycles. The van der Waals surface area contributed by atoms with Crippen molar-refractivity contribution in [1.29, 1.82) is 0 Å². The summed E-state index contributed by atoms with van der Waals surface area (Å²) in [4.78, 5) is 0. The van der Waals surface area contributed by atoms with Crippen LogP contribution in [0.15, 0.2) is 18.2 Å². The first-order valence-electron chi connectivity index (χ1n) is 6.80. The second kappa shape index (κ2) is 5.79. The van der Waals surface area contributed by atoms with Crippen molar-refractivity contribution in [2.45, 2.75) is 39.0 Å². The first kappa shape index (κ1) is 13.5. The SMILES string of the molecule is CCNCC1(Cc2cc(F)ccc2F)CCCC1. The van der Waals surface area contributed by atoms with E-state index in [1.54, 1.807) is 0 Å². The third kappa shape index (κ3) is 3.08.